The topological polar surface area (TPSA) is 59.2 Å². The first-order valence-electron chi connectivity index (χ1n) is 6.63. The molecule has 1 aromatic rings. The number of pyridine rings is 1. The van der Waals surface area contributed by atoms with Gasteiger partial charge in [0.25, 0.3) is 0 Å². The van der Waals surface area contributed by atoms with Gasteiger partial charge in [0.15, 0.2) is 0 Å². The normalized spacial score (nSPS) is 22.8. The number of aldehydes is 1. The van der Waals surface area contributed by atoms with Crippen LogP contribution >= 0.6 is 0 Å². The van der Waals surface area contributed by atoms with Crippen LogP contribution in [0.3, 0.4) is 0 Å². The molecule has 18 heavy (non-hydrogen) atoms. The highest BCUT2D eigenvalue weighted by Gasteiger charge is 2.45. The molecule has 1 saturated carbocycles. The Bertz CT molecular complexity index is 427. The maximum atomic E-state index is 10.7. The number of carbonyl (C=O) groups excluding carboxylic acids is 1. The smallest absolute Gasteiger partial charge is 0.128 e. The SMILES string of the molecule is Nc1ccc(N2CCC3(CC2)CC(C=O)C3)nc1. The molecule has 1 aliphatic heterocycles. The molecule has 0 bridgehead atoms. The molecule has 1 aliphatic carbocycles. The minimum absolute atomic E-state index is 0.325. The molecule has 0 amide bonds. The van der Waals surface area contributed by atoms with Crippen molar-refractivity contribution in [1.29, 1.82) is 0 Å². The van der Waals surface area contributed by atoms with Crippen LogP contribution in [-0.4, -0.2) is 24.4 Å². The summed E-state index contributed by atoms with van der Waals surface area (Å²) < 4.78 is 0. The standard InChI is InChI=1S/C14H19N3O/c15-12-1-2-13(16-9-12)17-5-3-14(4-6-17)7-11(8-14)10-18/h1-2,9-11H,3-8,15H2. The number of nitrogens with two attached hydrogens (primary N) is 1. The molecule has 2 fully saturated rings. The van der Waals surface area contributed by atoms with E-state index in [-0.39, 0.29) is 0 Å². The largest absolute Gasteiger partial charge is 0.397 e. The third kappa shape index (κ3) is 1.96. The van der Waals surface area contributed by atoms with Gasteiger partial charge in [-0.3, -0.25) is 0 Å². The van der Waals surface area contributed by atoms with Gasteiger partial charge in [-0.25, -0.2) is 4.98 Å². The zero-order valence-electron chi connectivity index (χ0n) is 10.5. The third-order valence-electron chi connectivity index (χ3n) is 4.50. The van der Waals surface area contributed by atoms with Crippen molar-refractivity contribution in [2.45, 2.75) is 25.7 Å². The number of nitrogens with zero attached hydrogens (tertiary/aromatic N) is 2. The van der Waals surface area contributed by atoms with E-state index in [9.17, 15) is 4.79 Å². The van der Waals surface area contributed by atoms with Crippen molar-refractivity contribution >= 4 is 17.8 Å². The summed E-state index contributed by atoms with van der Waals surface area (Å²) in [6, 6.07) is 3.89. The minimum Gasteiger partial charge on any atom is -0.397 e. The van der Waals surface area contributed by atoms with Crippen molar-refractivity contribution in [2.24, 2.45) is 11.3 Å². The van der Waals surface area contributed by atoms with E-state index in [0.717, 1.165) is 38.0 Å². The summed E-state index contributed by atoms with van der Waals surface area (Å²) in [7, 11) is 0. The molecule has 4 heteroatoms. The first-order chi connectivity index (χ1) is 8.71. The molecule has 1 aromatic heterocycles. The molecule has 0 radical (unpaired) electrons. The van der Waals surface area contributed by atoms with Gasteiger partial charge in [-0.2, -0.15) is 0 Å². The number of anilines is 2. The van der Waals surface area contributed by atoms with Gasteiger partial charge in [0.2, 0.25) is 0 Å². The maximum Gasteiger partial charge on any atom is 0.128 e. The Balaban J connectivity index is 1.60. The zero-order valence-corrected chi connectivity index (χ0v) is 10.5. The van der Waals surface area contributed by atoms with Gasteiger partial charge in [-0.1, -0.05) is 0 Å². The highest BCUT2D eigenvalue weighted by atomic mass is 16.1. The van der Waals surface area contributed by atoms with E-state index < -0.39 is 0 Å². The van der Waals surface area contributed by atoms with Crippen molar-refractivity contribution in [3.63, 3.8) is 0 Å². The Morgan fingerprint density at radius 1 is 1.33 bits per heavy atom. The Morgan fingerprint density at radius 2 is 2.06 bits per heavy atom. The third-order valence-corrected chi connectivity index (χ3v) is 4.50. The van der Waals surface area contributed by atoms with Crippen molar-refractivity contribution in [3.05, 3.63) is 18.3 Å². The van der Waals surface area contributed by atoms with Crippen LogP contribution in [0, 0.1) is 11.3 Å². The summed E-state index contributed by atoms with van der Waals surface area (Å²) in [4.78, 5) is 17.4. The second kappa shape index (κ2) is 4.26. The second-order valence-corrected chi connectivity index (χ2v) is 5.74. The molecule has 4 nitrogen and oxygen atoms in total. The molecular weight excluding hydrogens is 226 g/mol. The van der Waals surface area contributed by atoms with Crippen LogP contribution in [0.1, 0.15) is 25.7 Å². The van der Waals surface area contributed by atoms with Crippen LogP contribution in [0.2, 0.25) is 0 Å². The number of carbonyl (C=O) groups is 1. The summed E-state index contributed by atoms with van der Waals surface area (Å²) >= 11 is 0. The van der Waals surface area contributed by atoms with Crippen molar-refractivity contribution in [1.82, 2.24) is 4.98 Å². The Labute approximate surface area is 107 Å². The molecule has 1 saturated heterocycles. The fourth-order valence-electron chi connectivity index (χ4n) is 3.35. The summed E-state index contributed by atoms with van der Waals surface area (Å²) in [5.41, 5.74) is 6.81. The van der Waals surface area contributed by atoms with Gasteiger partial charge in [0.1, 0.15) is 12.1 Å². The Morgan fingerprint density at radius 3 is 2.61 bits per heavy atom. The second-order valence-electron chi connectivity index (χ2n) is 5.74. The van der Waals surface area contributed by atoms with Crippen LogP contribution in [0.4, 0.5) is 11.5 Å². The monoisotopic (exact) mass is 245 g/mol. The van der Waals surface area contributed by atoms with Crippen LogP contribution in [0.5, 0.6) is 0 Å². The van der Waals surface area contributed by atoms with E-state index in [1.807, 2.05) is 12.1 Å². The molecule has 2 aliphatic rings. The van der Waals surface area contributed by atoms with E-state index >= 15 is 0 Å². The lowest BCUT2D eigenvalue weighted by molar-refractivity contribution is -0.118. The van der Waals surface area contributed by atoms with Gasteiger partial charge < -0.3 is 15.4 Å². The van der Waals surface area contributed by atoms with E-state index in [4.69, 9.17) is 5.73 Å². The van der Waals surface area contributed by atoms with Gasteiger partial charge in [0.05, 0.1) is 11.9 Å². The first-order valence-corrected chi connectivity index (χ1v) is 6.63. The van der Waals surface area contributed by atoms with Gasteiger partial charge in [0, 0.05) is 19.0 Å². The molecule has 2 N–H and O–H groups in total. The van der Waals surface area contributed by atoms with Crippen molar-refractivity contribution in [3.8, 4) is 0 Å². The van der Waals surface area contributed by atoms with Gasteiger partial charge in [-0.15, -0.1) is 0 Å². The van der Waals surface area contributed by atoms with Crippen LogP contribution in [0.25, 0.3) is 0 Å². The lowest BCUT2D eigenvalue weighted by atomic mass is 9.58. The summed E-state index contributed by atoms with van der Waals surface area (Å²) in [6.45, 7) is 2.09. The van der Waals surface area contributed by atoms with E-state index in [2.05, 4.69) is 9.88 Å². The molecule has 0 atom stereocenters. The summed E-state index contributed by atoms with van der Waals surface area (Å²) in [5, 5.41) is 0. The lowest BCUT2D eigenvalue weighted by Crippen LogP contribution is -2.47. The average Bonchev–Trinajstić information content (AvgIpc) is 2.37. The van der Waals surface area contributed by atoms with Crippen LogP contribution in [0.15, 0.2) is 18.3 Å². The predicted molar refractivity (Wildman–Crippen MR) is 71.3 cm³/mol. The fraction of sp³-hybridized carbons (Fsp3) is 0.571. The average molecular weight is 245 g/mol. The highest BCUT2D eigenvalue weighted by Crippen LogP contribution is 2.51. The number of nitrogen functional groups attached to an aromatic ring is 1. The number of aromatic nitrogens is 1. The van der Waals surface area contributed by atoms with E-state index in [1.165, 1.54) is 12.8 Å². The maximum absolute atomic E-state index is 10.7. The molecule has 3 rings (SSSR count). The predicted octanol–water partition coefficient (Wildman–Crippen LogP) is 1.86. The van der Waals surface area contributed by atoms with Crippen molar-refractivity contribution < 1.29 is 4.79 Å². The first kappa shape index (κ1) is 11.5. The van der Waals surface area contributed by atoms with Gasteiger partial charge in [-0.05, 0) is 43.2 Å². The Kier molecular flexibility index (Phi) is 2.73. The number of hydrogen-bond donors (Lipinski definition) is 1. The molecule has 96 valence electrons. The zero-order chi connectivity index (χ0) is 12.6. The minimum atomic E-state index is 0.325. The molecular formula is C14H19N3O. The summed E-state index contributed by atoms with van der Waals surface area (Å²) in [5.74, 6) is 1.34. The van der Waals surface area contributed by atoms with Gasteiger partial charge >= 0.3 is 0 Å². The van der Waals surface area contributed by atoms with Crippen molar-refractivity contribution in [2.75, 3.05) is 23.7 Å². The molecule has 2 heterocycles. The highest BCUT2D eigenvalue weighted by molar-refractivity contribution is 5.56. The quantitative estimate of drug-likeness (QED) is 0.808. The van der Waals surface area contributed by atoms with E-state index in [1.54, 1.807) is 6.20 Å². The Hall–Kier alpha value is -1.58. The summed E-state index contributed by atoms with van der Waals surface area (Å²) in [6.07, 6.45) is 7.40. The lowest BCUT2D eigenvalue weighted by Gasteiger charge is -2.51. The van der Waals surface area contributed by atoms with Crippen LogP contribution < -0.4 is 10.6 Å². The number of hydrogen-bond acceptors (Lipinski definition) is 4. The fourth-order valence-corrected chi connectivity index (χ4v) is 3.35. The molecule has 0 unspecified atom stereocenters. The van der Waals surface area contributed by atoms with E-state index in [0.29, 0.717) is 17.0 Å². The number of rotatable bonds is 2. The molecule has 1 spiro atoms. The molecule has 0 aromatic carbocycles. The van der Waals surface area contributed by atoms with Crippen LogP contribution in [-0.2, 0) is 4.79 Å². The number of piperidine rings is 1.